The topological polar surface area (TPSA) is 72.7 Å². The van der Waals surface area contributed by atoms with E-state index in [-0.39, 0.29) is 17.6 Å². The van der Waals surface area contributed by atoms with Crippen molar-refractivity contribution >= 4 is 28.9 Å². The first-order valence-corrected chi connectivity index (χ1v) is 7.92. The van der Waals surface area contributed by atoms with Crippen LogP contribution in [0.2, 0.25) is 5.02 Å². The van der Waals surface area contributed by atoms with Gasteiger partial charge >= 0.3 is 5.97 Å². The Kier molecular flexibility index (Phi) is 5.14. The molecule has 1 fully saturated rings. The molecule has 7 heteroatoms. The summed E-state index contributed by atoms with van der Waals surface area (Å²) in [4.78, 5) is 24.5. The molecule has 0 bridgehead atoms. The molecule has 1 unspecified atom stereocenters. The summed E-state index contributed by atoms with van der Waals surface area (Å²) in [6.45, 7) is 5.26. The molecular formula is C16H21ClN2O4. The van der Waals surface area contributed by atoms with Crippen molar-refractivity contribution in [3.63, 3.8) is 0 Å². The number of non-ortho nitro benzene ring substituents is 1. The molecule has 0 amide bonds. The number of carbonyl (C=O) groups is 1. The number of halogens is 1. The summed E-state index contributed by atoms with van der Waals surface area (Å²) in [6, 6.07) is 4.50. The predicted octanol–water partition coefficient (Wildman–Crippen LogP) is 3.66. The van der Waals surface area contributed by atoms with E-state index < -0.39 is 10.3 Å². The van der Waals surface area contributed by atoms with E-state index in [1.54, 1.807) is 6.07 Å². The second-order valence-electron chi connectivity index (χ2n) is 6.39. The lowest BCUT2D eigenvalue weighted by molar-refractivity contribution is -0.384. The van der Waals surface area contributed by atoms with Crippen molar-refractivity contribution in [2.75, 3.05) is 25.1 Å². The summed E-state index contributed by atoms with van der Waals surface area (Å²) < 4.78 is 4.92. The molecule has 1 heterocycles. The monoisotopic (exact) mass is 340 g/mol. The van der Waals surface area contributed by atoms with E-state index in [1.807, 2.05) is 13.8 Å². The van der Waals surface area contributed by atoms with Gasteiger partial charge in [-0.2, -0.15) is 0 Å². The first-order chi connectivity index (χ1) is 10.8. The molecule has 23 heavy (non-hydrogen) atoms. The molecule has 0 aromatic heterocycles. The maximum absolute atomic E-state index is 12.0. The number of hydrogen-bond donors (Lipinski definition) is 0. The van der Waals surface area contributed by atoms with Crippen molar-refractivity contribution < 1.29 is 14.5 Å². The highest BCUT2D eigenvalue weighted by molar-refractivity contribution is 6.33. The Bertz CT molecular complexity index is 618. The minimum atomic E-state index is -0.583. The summed E-state index contributed by atoms with van der Waals surface area (Å²) in [5.74, 6) is -0.0888. The minimum Gasteiger partial charge on any atom is -0.469 e. The molecule has 0 spiro atoms. The molecule has 1 saturated heterocycles. The summed E-state index contributed by atoms with van der Waals surface area (Å²) >= 11 is 6.22. The van der Waals surface area contributed by atoms with Gasteiger partial charge in [0.1, 0.15) is 0 Å². The van der Waals surface area contributed by atoms with E-state index in [0.717, 1.165) is 25.1 Å². The Morgan fingerprint density at radius 1 is 1.48 bits per heavy atom. The molecule has 6 nitrogen and oxygen atoms in total. The normalized spacial score (nSPS) is 18.6. The van der Waals surface area contributed by atoms with Crippen molar-refractivity contribution in [1.82, 2.24) is 0 Å². The standard InChI is InChI=1S/C16H21ClN2O4/c1-16(2,15(20)23-3)11-5-4-8-18(10-11)14-7-6-12(19(21)22)9-13(14)17/h6-7,9,11H,4-5,8,10H2,1-3H3. The molecule has 0 N–H and O–H groups in total. The zero-order valence-electron chi connectivity index (χ0n) is 13.5. The number of hydrogen-bond acceptors (Lipinski definition) is 5. The Labute approximate surface area is 140 Å². The van der Waals surface area contributed by atoms with Crippen LogP contribution in [0.5, 0.6) is 0 Å². The first kappa shape index (κ1) is 17.5. The molecule has 1 aliphatic heterocycles. The van der Waals surface area contributed by atoms with E-state index in [2.05, 4.69) is 4.90 Å². The van der Waals surface area contributed by atoms with Crippen molar-refractivity contribution in [3.8, 4) is 0 Å². The lowest BCUT2D eigenvalue weighted by Crippen LogP contribution is -2.45. The third-order valence-corrected chi connectivity index (χ3v) is 4.94. The predicted molar refractivity (Wildman–Crippen MR) is 88.8 cm³/mol. The summed E-state index contributed by atoms with van der Waals surface area (Å²) in [5.41, 5.74) is 0.158. The second-order valence-corrected chi connectivity index (χ2v) is 6.80. The van der Waals surface area contributed by atoms with Crippen LogP contribution in [0.25, 0.3) is 0 Å². The molecule has 0 saturated carbocycles. The molecule has 0 radical (unpaired) electrons. The second kappa shape index (κ2) is 6.74. The van der Waals surface area contributed by atoms with Gasteiger partial charge in [0, 0.05) is 25.2 Å². The van der Waals surface area contributed by atoms with Crippen LogP contribution >= 0.6 is 11.6 Å². The third kappa shape index (κ3) is 3.58. The highest BCUT2D eigenvalue weighted by atomic mass is 35.5. The maximum Gasteiger partial charge on any atom is 0.311 e. The lowest BCUT2D eigenvalue weighted by Gasteiger charge is -2.41. The fourth-order valence-corrected chi connectivity index (χ4v) is 3.37. The summed E-state index contributed by atoms with van der Waals surface area (Å²) in [5, 5.41) is 11.2. The Morgan fingerprint density at radius 3 is 2.74 bits per heavy atom. The molecule has 1 aromatic rings. The van der Waals surface area contributed by atoms with Gasteiger partial charge in [0.15, 0.2) is 0 Å². The minimum absolute atomic E-state index is 0.0257. The zero-order chi connectivity index (χ0) is 17.2. The van der Waals surface area contributed by atoms with Crippen molar-refractivity contribution in [3.05, 3.63) is 33.3 Å². The van der Waals surface area contributed by atoms with Crippen molar-refractivity contribution in [2.45, 2.75) is 26.7 Å². The smallest absolute Gasteiger partial charge is 0.311 e. The molecule has 1 atom stereocenters. The van der Waals surface area contributed by atoms with Crippen LogP contribution in [0.15, 0.2) is 18.2 Å². The van der Waals surface area contributed by atoms with Crippen LogP contribution in [0, 0.1) is 21.4 Å². The van der Waals surface area contributed by atoms with E-state index in [0.29, 0.717) is 11.6 Å². The van der Waals surface area contributed by atoms with Crippen LogP contribution in [-0.4, -0.2) is 31.1 Å². The van der Waals surface area contributed by atoms with Gasteiger partial charge in [-0.05, 0) is 38.7 Å². The van der Waals surface area contributed by atoms with Crippen LogP contribution in [0.3, 0.4) is 0 Å². The largest absolute Gasteiger partial charge is 0.469 e. The zero-order valence-corrected chi connectivity index (χ0v) is 14.3. The number of methoxy groups -OCH3 is 1. The number of anilines is 1. The SMILES string of the molecule is COC(=O)C(C)(C)C1CCCN(c2ccc([N+](=O)[O-])cc2Cl)C1. The van der Waals surface area contributed by atoms with E-state index in [4.69, 9.17) is 16.3 Å². The number of esters is 1. The Balaban J connectivity index is 2.22. The number of ether oxygens (including phenoxy) is 1. The highest BCUT2D eigenvalue weighted by Crippen LogP contribution is 2.38. The quantitative estimate of drug-likeness (QED) is 0.475. The fraction of sp³-hybridized carbons (Fsp3) is 0.562. The summed E-state index contributed by atoms with van der Waals surface area (Å²) in [7, 11) is 1.40. The van der Waals surface area contributed by atoms with Gasteiger partial charge in [-0.25, -0.2) is 0 Å². The number of carbonyl (C=O) groups excluding carboxylic acids is 1. The molecule has 1 aliphatic rings. The Morgan fingerprint density at radius 2 is 2.17 bits per heavy atom. The number of nitro groups is 1. The summed E-state index contributed by atoms with van der Waals surface area (Å²) in [6.07, 6.45) is 1.86. The highest BCUT2D eigenvalue weighted by Gasteiger charge is 2.40. The van der Waals surface area contributed by atoms with E-state index >= 15 is 0 Å². The molecular weight excluding hydrogens is 320 g/mol. The van der Waals surface area contributed by atoms with Crippen LogP contribution < -0.4 is 4.90 Å². The number of nitro benzene ring substituents is 1. The Hall–Kier alpha value is -1.82. The molecule has 126 valence electrons. The van der Waals surface area contributed by atoms with Gasteiger partial charge in [-0.15, -0.1) is 0 Å². The average Bonchev–Trinajstić information content (AvgIpc) is 2.53. The van der Waals surface area contributed by atoms with Gasteiger partial charge < -0.3 is 9.64 Å². The first-order valence-electron chi connectivity index (χ1n) is 7.54. The number of rotatable bonds is 4. The number of piperidine rings is 1. The molecule has 1 aromatic carbocycles. The average molecular weight is 341 g/mol. The number of nitrogens with zero attached hydrogens (tertiary/aromatic N) is 2. The van der Waals surface area contributed by atoms with Crippen LogP contribution in [0.4, 0.5) is 11.4 Å². The molecule has 0 aliphatic carbocycles. The maximum atomic E-state index is 12.0. The van der Waals surface area contributed by atoms with Gasteiger partial charge in [-0.1, -0.05) is 11.6 Å². The molecule has 2 rings (SSSR count). The van der Waals surface area contributed by atoms with E-state index in [1.165, 1.54) is 19.2 Å². The van der Waals surface area contributed by atoms with Crippen LogP contribution in [0.1, 0.15) is 26.7 Å². The van der Waals surface area contributed by atoms with Crippen molar-refractivity contribution in [2.24, 2.45) is 11.3 Å². The van der Waals surface area contributed by atoms with Gasteiger partial charge in [0.05, 0.1) is 28.2 Å². The van der Waals surface area contributed by atoms with Gasteiger partial charge in [0.25, 0.3) is 5.69 Å². The van der Waals surface area contributed by atoms with E-state index in [9.17, 15) is 14.9 Å². The van der Waals surface area contributed by atoms with Crippen LogP contribution in [-0.2, 0) is 9.53 Å². The third-order valence-electron chi connectivity index (χ3n) is 4.64. The lowest BCUT2D eigenvalue weighted by atomic mass is 9.74. The number of benzene rings is 1. The fourth-order valence-electron chi connectivity index (χ4n) is 3.08. The van der Waals surface area contributed by atoms with Gasteiger partial charge in [0.2, 0.25) is 0 Å². The van der Waals surface area contributed by atoms with Crippen molar-refractivity contribution in [1.29, 1.82) is 0 Å². The van der Waals surface area contributed by atoms with Gasteiger partial charge in [-0.3, -0.25) is 14.9 Å².